The fourth-order valence-electron chi connectivity index (χ4n) is 2.16. The third kappa shape index (κ3) is 2.58. The number of aldehydes is 1. The van der Waals surface area contributed by atoms with Gasteiger partial charge in [-0.15, -0.1) is 0 Å². The Morgan fingerprint density at radius 1 is 1.44 bits per heavy atom. The lowest BCUT2D eigenvalue weighted by Gasteiger charge is -2.24. The summed E-state index contributed by atoms with van der Waals surface area (Å²) in [6.07, 6.45) is 3.59. The molecule has 0 radical (unpaired) electrons. The minimum absolute atomic E-state index is 0.0747. The first kappa shape index (κ1) is 13.5. The van der Waals surface area contributed by atoms with Gasteiger partial charge in [-0.25, -0.2) is 4.98 Å². The molecule has 0 aromatic carbocycles. The zero-order chi connectivity index (χ0) is 13.5. The Morgan fingerprint density at radius 2 is 2.06 bits per heavy atom. The molecule has 0 spiro atoms. The Kier molecular flexibility index (Phi) is 3.49. The van der Waals surface area contributed by atoms with E-state index in [2.05, 4.69) is 39.6 Å². The van der Waals surface area contributed by atoms with Gasteiger partial charge >= 0.3 is 0 Å². The maximum atomic E-state index is 11.2. The van der Waals surface area contributed by atoms with E-state index < -0.39 is 0 Å². The molecule has 0 amide bonds. The average Bonchev–Trinajstić information content (AvgIpc) is 3.04. The second-order valence-electron chi connectivity index (χ2n) is 6.27. The van der Waals surface area contributed by atoms with Crippen LogP contribution in [0.3, 0.4) is 0 Å². The van der Waals surface area contributed by atoms with Crippen LogP contribution in [-0.4, -0.2) is 24.4 Å². The van der Waals surface area contributed by atoms with Crippen LogP contribution in [0.1, 0.15) is 55.9 Å². The Bertz CT molecular complexity index is 443. The summed E-state index contributed by atoms with van der Waals surface area (Å²) in [6, 6.07) is 0.517. The van der Waals surface area contributed by atoms with Gasteiger partial charge in [-0.1, -0.05) is 32.1 Å². The topological polar surface area (TPSA) is 33.2 Å². The predicted molar refractivity (Wildman–Crippen MR) is 76.8 cm³/mol. The van der Waals surface area contributed by atoms with Crippen molar-refractivity contribution < 1.29 is 4.79 Å². The van der Waals surface area contributed by atoms with Crippen molar-refractivity contribution in [1.82, 2.24) is 4.98 Å². The Hall–Kier alpha value is -0.900. The number of carbonyl (C=O) groups excluding carboxylic acids is 1. The van der Waals surface area contributed by atoms with Gasteiger partial charge in [0.15, 0.2) is 11.4 Å². The lowest BCUT2D eigenvalue weighted by Crippen LogP contribution is -2.30. The quantitative estimate of drug-likeness (QED) is 0.782. The SMILES string of the molecule is CC(C1CC1)N(C)c1nc(C(C)(C)C)c(C=O)s1. The van der Waals surface area contributed by atoms with Crippen molar-refractivity contribution in [1.29, 1.82) is 0 Å². The van der Waals surface area contributed by atoms with Gasteiger partial charge in [0.25, 0.3) is 0 Å². The van der Waals surface area contributed by atoms with Crippen LogP contribution in [0.4, 0.5) is 5.13 Å². The number of carbonyl (C=O) groups is 1. The van der Waals surface area contributed by atoms with Gasteiger partial charge in [-0.3, -0.25) is 4.79 Å². The number of anilines is 1. The minimum atomic E-state index is -0.0747. The van der Waals surface area contributed by atoms with E-state index >= 15 is 0 Å². The van der Waals surface area contributed by atoms with E-state index in [1.165, 1.54) is 24.2 Å². The number of hydrogen-bond acceptors (Lipinski definition) is 4. The first-order chi connectivity index (χ1) is 8.34. The van der Waals surface area contributed by atoms with Gasteiger partial charge in [-0.2, -0.15) is 0 Å². The number of nitrogens with zero attached hydrogens (tertiary/aromatic N) is 2. The van der Waals surface area contributed by atoms with Crippen molar-refractivity contribution in [2.75, 3.05) is 11.9 Å². The molecule has 0 N–H and O–H groups in total. The summed E-state index contributed by atoms with van der Waals surface area (Å²) in [7, 11) is 2.09. The summed E-state index contributed by atoms with van der Waals surface area (Å²) in [4.78, 5) is 18.9. The maximum absolute atomic E-state index is 11.2. The molecular weight excluding hydrogens is 244 g/mol. The van der Waals surface area contributed by atoms with Crippen LogP contribution < -0.4 is 4.90 Å². The molecule has 1 unspecified atom stereocenters. The van der Waals surface area contributed by atoms with Crippen LogP contribution >= 0.6 is 11.3 Å². The summed E-state index contributed by atoms with van der Waals surface area (Å²) < 4.78 is 0. The van der Waals surface area contributed by atoms with Crippen molar-refractivity contribution in [3.8, 4) is 0 Å². The lowest BCUT2D eigenvalue weighted by molar-refractivity contribution is 0.112. The number of thiazole rings is 1. The van der Waals surface area contributed by atoms with Crippen LogP contribution in [-0.2, 0) is 5.41 Å². The largest absolute Gasteiger partial charge is 0.348 e. The summed E-state index contributed by atoms with van der Waals surface area (Å²) in [5, 5.41) is 0.974. The summed E-state index contributed by atoms with van der Waals surface area (Å²) in [6.45, 7) is 8.55. The number of hydrogen-bond donors (Lipinski definition) is 0. The molecule has 3 nitrogen and oxygen atoms in total. The molecule has 0 aliphatic heterocycles. The molecule has 2 rings (SSSR count). The van der Waals surface area contributed by atoms with Crippen LogP contribution in [0.25, 0.3) is 0 Å². The Morgan fingerprint density at radius 3 is 2.44 bits per heavy atom. The average molecular weight is 266 g/mol. The standard InChI is InChI=1S/C14H22N2OS/c1-9(10-6-7-10)16(5)13-15-12(14(2,3)4)11(8-17)18-13/h8-10H,6-7H2,1-5H3. The Labute approximate surface area is 113 Å². The van der Waals surface area contributed by atoms with Crippen molar-refractivity contribution in [2.45, 2.75) is 52.0 Å². The van der Waals surface area contributed by atoms with Crippen molar-refractivity contribution in [3.05, 3.63) is 10.6 Å². The summed E-state index contributed by atoms with van der Waals surface area (Å²) in [5.74, 6) is 0.802. The van der Waals surface area contributed by atoms with Crippen LogP contribution in [0.2, 0.25) is 0 Å². The summed E-state index contributed by atoms with van der Waals surface area (Å²) in [5.41, 5.74) is 0.849. The molecular formula is C14H22N2OS. The zero-order valence-corrected chi connectivity index (χ0v) is 12.7. The molecule has 0 bridgehead atoms. The molecule has 1 fully saturated rings. The van der Waals surface area contributed by atoms with Gasteiger partial charge < -0.3 is 4.90 Å². The van der Waals surface area contributed by atoms with Crippen molar-refractivity contribution in [2.24, 2.45) is 5.92 Å². The monoisotopic (exact) mass is 266 g/mol. The van der Waals surface area contributed by atoms with Crippen LogP contribution in [0.5, 0.6) is 0 Å². The van der Waals surface area contributed by atoms with Gasteiger partial charge in [0.1, 0.15) is 0 Å². The zero-order valence-electron chi connectivity index (χ0n) is 11.9. The molecule has 1 aliphatic rings. The van der Waals surface area contributed by atoms with Gasteiger partial charge in [0.05, 0.1) is 10.6 Å². The molecule has 1 aliphatic carbocycles. The second kappa shape index (κ2) is 4.65. The predicted octanol–water partition coefficient (Wildman–Crippen LogP) is 3.49. The highest BCUT2D eigenvalue weighted by Gasteiger charge is 2.32. The highest BCUT2D eigenvalue weighted by atomic mass is 32.1. The fraction of sp³-hybridized carbons (Fsp3) is 0.714. The molecule has 4 heteroatoms. The van der Waals surface area contributed by atoms with Gasteiger partial charge in [0.2, 0.25) is 0 Å². The summed E-state index contributed by atoms with van der Waals surface area (Å²) >= 11 is 1.51. The molecule has 18 heavy (non-hydrogen) atoms. The maximum Gasteiger partial charge on any atom is 0.186 e. The lowest BCUT2D eigenvalue weighted by atomic mass is 9.91. The first-order valence-corrected chi connectivity index (χ1v) is 7.35. The highest BCUT2D eigenvalue weighted by Crippen LogP contribution is 2.38. The van der Waals surface area contributed by atoms with Crippen LogP contribution in [0.15, 0.2) is 0 Å². The third-order valence-corrected chi connectivity index (χ3v) is 4.75. The normalized spacial score (nSPS) is 17.6. The van der Waals surface area contributed by atoms with E-state index in [0.29, 0.717) is 6.04 Å². The van der Waals surface area contributed by atoms with Gasteiger partial charge in [0, 0.05) is 18.5 Å². The molecule has 1 atom stereocenters. The molecule has 1 saturated carbocycles. The Balaban J connectivity index is 2.28. The van der Waals surface area contributed by atoms with E-state index in [4.69, 9.17) is 4.98 Å². The van der Waals surface area contributed by atoms with Crippen LogP contribution in [0, 0.1) is 5.92 Å². The number of aromatic nitrogens is 1. The molecule has 1 aromatic heterocycles. The van der Waals surface area contributed by atoms with Gasteiger partial charge in [-0.05, 0) is 25.7 Å². The highest BCUT2D eigenvalue weighted by molar-refractivity contribution is 7.17. The van der Waals surface area contributed by atoms with E-state index in [-0.39, 0.29) is 5.41 Å². The first-order valence-electron chi connectivity index (χ1n) is 6.54. The second-order valence-corrected chi connectivity index (χ2v) is 7.28. The number of rotatable bonds is 4. The van der Waals surface area contributed by atoms with E-state index in [1.807, 2.05) is 0 Å². The fourth-order valence-corrected chi connectivity index (χ4v) is 3.30. The smallest absolute Gasteiger partial charge is 0.186 e. The molecule has 1 heterocycles. The third-order valence-electron chi connectivity index (χ3n) is 3.68. The van der Waals surface area contributed by atoms with E-state index in [9.17, 15) is 4.79 Å². The molecule has 100 valence electrons. The van der Waals surface area contributed by atoms with E-state index in [1.54, 1.807) is 0 Å². The molecule has 0 saturated heterocycles. The molecule has 1 aromatic rings. The minimum Gasteiger partial charge on any atom is -0.348 e. The van der Waals surface area contributed by atoms with Crippen molar-refractivity contribution >= 4 is 22.8 Å². The van der Waals surface area contributed by atoms with Crippen molar-refractivity contribution in [3.63, 3.8) is 0 Å². The van der Waals surface area contributed by atoms with E-state index in [0.717, 1.165) is 27.9 Å².